The Morgan fingerprint density at radius 2 is 2.13 bits per heavy atom. The molecule has 0 saturated carbocycles. The average molecular weight is 212 g/mol. The summed E-state index contributed by atoms with van der Waals surface area (Å²) in [6.07, 6.45) is 0.226. The van der Waals surface area contributed by atoms with Crippen molar-refractivity contribution in [3.63, 3.8) is 0 Å². The second kappa shape index (κ2) is 4.32. The molecule has 0 aromatic carbocycles. The van der Waals surface area contributed by atoms with Crippen LogP contribution in [0, 0.1) is 0 Å². The molecule has 3 unspecified atom stereocenters. The Kier molecular flexibility index (Phi) is 3.06. The van der Waals surface area contributed by atoms with Gasteiger partial charge in [-0.1, -0.05) is 0 Å². The fourth-order valence-corrected chi connectivity index (χ4v) is 1.98. The van der Waals surface area contributed by atoms with Crippen molar-refractivity contribution in [2.75, 3.05) is 19.6 Å². The molecule has 0 radical (unpaired) electrons. The minimum absolute atomic E-state index is 0.0631. The highest BCUT2D eigenvalue weighted by Gasteiger charge is 2.34. The molecule has 2 rings (SSSR count). The van der Waals surface area contributed by atoms with E-state index < -0.39 is 12.2 Å². The summed E-state index contributed by atoms with van der Waals surface area (Å²) < 4.78 is 5.28. The van der Waals surface area contributed by atoms with Crippen LogP contribution in [0.1, 0.15) is 11.8 Å². The van der Waals surface area contributed by atoms with E-state index in [2.05, 4.69) is 0 Å². The van der Waals surface area contributed by atoms with Gasteiger partial charge >= 0.3 is 0 Å². The van der Waals surface area contributed by atoms with E-state index in [1.807, 2.05) is 11.0 Å². The molecule has 1 aliphatic heterocycles. The van der Waals surface area contributed by atoms with Crippen LogP contribution in [0.4, 0.5) is 0 Å². The molecule has 3 atom stereocenters. The van der Waals surface area contributed by atoms with E-state index in [0.717, 1.165) is 5.76 Å². The first-order chi connectivity index (χ1) is 7.22. The van der Waals surface area contributed by atoms with Crippen molar-refractivity contribution >= 4 is 0 Å². The monoisotopic (exact) mass is 212 g/mol. The van der Waals surface area contributed by atoms with E-state index in [1.54, 1.807) is 12.3 Å². The van der Waals surface area contributed by atoms with Crippen molar-refractivity contribution in [3.8, 4) is 0 Å². The molecule has 1 aromatic heterocycles. The molecule has 4 N–H and O–H groups in total. The number of aliphatic hydroxyl groups is 2. The molecule has 5 nitrogen and oxygen atoms in total. The summed E-state index contributed by atoms with van der Waals surface area (Å²) in [6.45, 7) is 1.28. The quantitative estimate of drug-likeness (QED) is 0.618. The third kappa shape index (κ3) is 2.05. The molecule has 5 heteroatoms. The van der Waals surface area contributed by atoms with Gasteiger partial charge in [-0.15, -0.1) is 0 Å². The van der Waals surface area contributed by atoms with Gasteiger partial charge in [0.2, 0.25) is 0 Å². The molecular formula is C10H16N2O3. The highest BCUT2D eigenvalue weighted by molar-refractivity contribution is 5.07. The Labute approximate surface area is 88.1 Å². The van der Waals surface area contributed by atoms with Crippen molar-refractivity contribution in [2.45, 2.75) is 18.2 Å². The third-order valence-corrected chi connectivity index (χ3v) is 2.82. The van der Waals surface area contributed by atoms with Crippen molar-refractivity contribution in [1.29, 1.82) is 0 Å². The number of likely N-dealkylation sites (tertiary alicyclic amines) is 1. The third-order valence-electron chi connectivity index (χ3n) is 2.82. The van der Waals surface area contributed by atoms with Gasteiger partial charge in [0.15, 0.2) is 0 Å². The van der Waals surface area contributed by atoms with Crippen LogP contribution in [0.15, 0.2) is 22.8 Å². The maximum Gasteiger partial charge on any atom is 0.122 e. The fourth-order valence-electron chi connectivity index (χ4n) is 1.98. The van der Waals surface area contributed by atoms with Crippen molar-refractivity contribution in [2.24, 2.45) is 5.73 Å². The topological polar surface area (TPSA) is 82.9 Å². The normalized spacial score (nSPS) is 29.5. The average Bonchev–Trinajstić information content (AvgIpc) is 2.80. The lowest BCUT2D eigenvalue weighted by Gasteiger charge is -2.24. The summed E-state index contributed by atoms with van der Waals surface area (Å²) in [5.41, 5.74) is 5.67. The zero-order valence-electron chi connectivity index (χ0n) is 8.41. The van der Waals surface area contributed by atoms with Crippen LogP contribution < -0.4 is 5.73 Å². The van der Waals surface area contributed by atoms with Crippen LogP contribution in [0.5, 0.6) is 0 Å². The molecule has 1 saturated heterocycles. The predicted molar refractivity (Wildman–Crippen MR) is 54.1 cm³/mol. The molecule has 0 amide bonds. The lowest BCUT2D eigenvalue weighted by molar-refractivity contribution is 0.0572. The van der Waals surface area contributed by atoms with Crippen LogP contribution in [0.3, 0.4) is 0 Å². The minimum atomic E-state index is -0.686. The molecule has 0 spiro atoms. The molecule has 1 fully saturated rings. The summed E-state index contributed by atoms with van der Waals surface area (Å²) >= 11 is 0. The van der Waals surface area contributed by atoms with Crippen LogP contribution in [0.25, 0.3) is 0 Å². The molecule has 1 aliphatic rings. The molecular weight excluding hydrogens is 196 g/mol. The van der Waals surface area contributed by atoms with Gasteiger partial charge in [0, 0.05) is 19.6 Å². The fraction of sp³-hybridized carbons (Fsp3) is 0.600. The van der Waals surface area contributed by atoms with Gasteiger partial charge in [-0.25, -0.2) is 0 Å². The van der Waals surface area contributed by atoms with Crippen molar-refractivity contribution < 1.29 is 14.6 Å². The first-order valence-electron chi connectivity index (χ1n) is 5.06. The first kappa shape index (κ1) is 10.6. The van der Waals surface area contributed by atoms with Crippen molar-refractivity contribution in [1.82, 2.24) is 4.90 Å². The number of nitrogens with two attached hydrogens (primary N) is 1. The highest BCUT2D eigenvalue weighted by Crippen LogP contribution is 2.24. The lowest BCUT2D eigenvalue weighted by atomic mass is 10.2. The predicted octanol–water partition coefficient (Wildman–Crippen LogP) is -0.683. The zero-order valence-corrected chi connectivity index (χ0v) is 8.41. The number of furan rings is 1. The molecule has 84 valence electrons. The van der Waals surface area contributed by atoms with Crippen molar-refractivity contribution in [3.05, 3.63) is 24.2 Å². The Bertz CT molecular complexity index is 292. The van der Waals surface area contributed by atoms with Gasteiger partial charge in [-0.05, 0) is 12.1 Å². The van der Waals surface area contributed by atoms with Gasteiger partial charge in [0.25, 0.3) is 0 Å². The van der Waals surface area contributed by atoms with E-state index in [4.69, 9.17) is 10.2 Å². The van der Waals surface area contributed by atoms with Gasteiger partial charge in [0.05, 0.1) is 24.5 Å². The maximum absolute atomic E-state index is 9.45. The molecule has 15 heavy (non-hydrogen) atoms. The minimum Gasteiger partial charge on any atom is -0.468 e. The van der Waals surface area contributed by atoms with E-state index in [9.17, 15) is 10.2 Å². The van der Waals surface area contributed by atoms with Gasteiger partial charge in [0.1, 0.15) is 5.76 Å². The molecule has 1 aromatic rings. The number of β-amino-alcohol motifs (C(OH)–C–C–N with tert-alkyl or cyclic N) is 2. The zero-order chi connectivity index (χ0) is 10.8. The smallest absolute Gasteiger partial charge is 0.122 e. The van der Waals surface area contributed by atoms with Crippen LogP contribution in [-0.2, 0) is 0 Å². The lowest BCUT2D eigenvalue weighted by Crippen LogP contribution is -2.32. The largest absolute Gasteiger partial charge is 0.468 e. The Hall–Kier alpha value is -0.880. The highest BCUT2D eigenvalue weighted by atomic mass is 16.3. The van der Waals surface area contributed by atoms with E-state index in [-0.39, 0.29) is 6.04 Å². The molecule has 0 bridgehead atoms. The summed E-state index contributed by atoms with van der Waals surface area (Å²) in [6, 6.07) is 3.60. The van der Waals surface area contributed by atoms with E-state index >= 15 is 0 Å². The Balaban J connectivity index is 2.08. The number of hydrogen-bond donors (Lipinski definition) is 3. The number of hydrogen-bond acceptors (Lipinski definition) is 5. The van der Waals surface area contributed by atoms with Gasteiger partial charge in [-0.2, -0.15) is 0 Å². The maximum atomic E-state index is 9.45. The number of nitrogens with zero attached hydrogens (tertiary/aromatic N) is 1. The summed E-state index contributed by atoms with van der Waals surface area (Å²) in [4.78, 5) is 1.94. The second-order valence-corrected chi connectivity index (χ2v) is 3.86. The standard InChI is InChI=1S/C10H16N2O3/c11-4-7(10-2-1-3-15-10)12-5-8(13)9(14)6-12/h1-3,7-9,13-14H,4-6,11H2. The molecule has 0 aliphatic carbocycles. The van der Waals surface area contributed by atoms with E-state index in [1.165, 1.54) is 0 Å². The summed E-state index contributed by atoms with van der Waals surface area (Å²) in [5.74, 6) is 0.777. The summed E-state index contributed by atoms with van der Waals surface area (Å²) in [7, 11) is 0. The molecule has 2 heterocycles. The number of aliphatic hydroxyl groups excluding tert-OH is 2. The summed E-state index contributed by atoms with van der Waals surface area (Å²) in [5, 5.41) is 18.9. The van der Waals surface area contributed by atoms with E-state index in [0.29, 0.717) is 19.6 Å². The van der Waals surface area contributed by atoms with Gasteiger partial charge in [-0.3, -0.25) is 4.90 Å². The Morgan fingerprint density at radius 3 is 2.60 bits per heavy atom. The van der Waals surface area contributed by atoms with Crippen LogP contribution in [0.2, 0.25) is 0 Å². The second-order valence-electron chi connectivity index (χ2n) is 3.86. The van der Waals surface area contributed by atoms with Crippen LogP contribution in [-0.4, -0.2) is 47.0 Å². The van der Waals surface area contributed by atoms with Crippen LogP contribution >= 0.6 is 0 Å². The Morgan fingerprint density at radius 1 is 1.47 bits per heavy atom. The van der Waals surface area contributed by atoms with Gasteiger partial charge < -0.3 is 20.4 Å². The first-order valence-corrected chi connectivity index (χ1v) is 5.06. The number of rotatable bonds is 3. The SMILES string of the molecule is NCC(c1ccco1)N1CC(O)C(O)C1.